The quantitative estimate of drug-likeness (QED) is 0.772. The standard InChI is InChI=1S/C14H22N2O4S2/c1-3-21(17,18)15-8-9-22(19,20)16(2)14-10-12-6-4-5-7-13(12)11-14/h4-7,14-15H,3,8-11H2,1-2H3. The maximum Gasteiger partial charge on any atom is 0.215 e. The van der Waals surface area contributed by atoms with Crippen molar-refractivity contribution in [2.24, 2.45) is 0 Å². The molecule has 1 aromatic rings. The van der Waals surface area contributed by atoms with Crippen molar-refractivity contribution in [3.05, 3.63) is 35.4 Å². The summed E-state index contributed by atoms with van der Waals surface area (Å²) >= 11 is 0. The van der Waals surface area contributed by atoms with Gasteiger partial charge in [0.25, 0.3) is 0 Å². The summed E-state index contributed by atoms with van der Waals surface area (Å²) in [5, 5.41) is 0. The van der Waals surface area contributed by atoms with Gasteiger partial charge < -0.3 is 0 Å². The van der Waals surface area contributed by atoms with Gasteiger partial charge in [-0.3, -0.25) is 0 Å². The lowest BCUT2D eigenvalue weighted by Crippen LogP contribution is -2.41. The molecule has 0 radical (unpaired) electrons. The minimum absolute atomic E-state index is 0.0547. The predicted molar refractivity (Wildman–Crippen MR) is 86.7 cm³/mol. The number of hydrogen-bond donors (Lipinski definition) is 1. The Bertz CT molecular complexity index is 704. The summed E-state index contributed by atoms with van der Waals surface area (Å²) in [6.07, 6.45) is 1.40. The van der Waals surface area contributed by atoms with Crippen LogP contribution in [0.25, 0.3) is 0 Å². The second-order valence-electron chi connectivity index (χ2n) is 5.46. The SMILES string of the molecule is CCS(=O)(=O)NCCS(=O)(=O)N(C)C1Cc2ccccc2C1. The number of likely N-dealkylation sites (N-methyl/N-ethyl adjacent to an activating group) is 1. The van der Waals surface area contributed by atoms with Crippen LogP contribution in [0, 0.1) is 0 Å². The van der Waals surface area contributed by atoms with Gasteiger partial charge in [-0.1, -0.05) is 24.3 Å². The Balaban J connectivity index is 1.96. The highest BCUT2D eigenvalue weighted by atomic mass is 32.2. The van der Waals surface area contributed by atoms with Crippen LogP contribution in [0.1, 0.15) is 18.1 Å². The van der Waals surface area contributed by atoms with Gasteiger partial charge in [0, 0.05) is 19.6 Å². The third-order valence-corrected chi connectivity index (χ3v) is 7.34. The molecule has 0 spiro atoms. The molecule has 0 aromatic heterocycles. The Labute approximate surface area is 132 Å². The van der Waals surface area contributed by atoms with Gasteiger partial charge in [0.15, 0.2) is 0 Å². The second-order valence-corrected chi connectivity index (χ2v) is 9.70. The maximum atomic E-state index is 12.3. The van der Waals surface area contributed by atoms with Crippen LogP contribution < -0.4 is 4.72 Å². The first kappa shape index (κ1) is 17.4. The Morgan fingerprint density at radius 1 is 1.14 bits per heavy atom. The average Bonchev–Trinajstić information content (AvgIpc) is 2.89. The van der Waals surface area contributed by atoms with Crippen molar-refractivity contribution < 1.29 is 16.8 Å². The van der Waals surface area contributed by atoms with Crippen LogP contribution in [-0.4, -0.2) is 52.3 Å². The number of nitrogens with zero attached hydrogens (tertiary/aromatic N) is 1. The van der Waals surface area contributed by atoms with Crippen molar-refractivity contribution >= 4 is 20.0 Å². The molecular formula is C14H22N2O4S2. The predicted octanol–water partition coefficient (Wildman–Crippen LogP) is 0.355. The lowest BCUT2D eigenvalue weighted by Gasteiger charge is -2.23. The highest BCUT2D eigenvalue weighted by Crippen LogP contribution is 2.26. The van der Waals surface area contributed by atoms with Crippen LogP contribution in [-0.2, 0) is 32.9 Å². The molecule has 0 unspecified atom stereocenters. The van der Waals surface area contributed by atoms with Crippen molar-refractivity contribution in [2.45, 2.75) is 25.8 Å². The number of nitrogens with one attached hydrogen (secondary N) is 1. The molecule has 1 aromatic carbocycles. The van der Waals surface area contributed by atoms with E-state index < -0.39 is 20.0 Å². The number of benzene rings is 1. The van der Waals surface area contributed by atoms with Crippen LogP contribution in [0.2, 0.25) is 0 Å². The Kier molecular flexibility index (Phi) is 5.26. The molecule has 22 heavy (non-hydrogen) atoms. The van der Waals surface area contributed by atoms with Gasteiger partial charge in [0.1, 0.15) is 0 Å². The molecule has 0 aliphatic heterocycles. The molecule has 8 heteroatoms. The lowest BCUT2D eigenvalue weighted by atomic mass is 10.1. The van der Waals surface area contributed by atoms with Crippen LogP contribution in [0.4, 0.5) is 0 Å². The molecule has 0 fully saturated rings. The fourth-order valence-corrected chi connectivity index (χ4v) is 4.59. The molecule has 1 aliphatic carbocycles. The molecule has 0 amide bonds. The fraction of sp³-hybridized carbons (Fsp3) is 0.571. The van der Waals surface area contributed by atoms with Crippen molar-refractivity contribution in [1.82, 2.24) is 9.03 Å². The molecule has 2 rings (SSSR count). The van der Waals surface area contributed by atoms with E-state index in [1.807, 2.05) is 24.3 Å². The zero-order chi connectivity index (χ0) is 16.4. The van der Waals surface area contributed by atoms with E-state index in [-0.39, 0.29) is 24.1 Å². The third-order valence-electron chi connectivity index (χ3n) is 4.04. The first-order chi connectivity index (χ1) is 10.2. The first-order valence-corrected chi connectivity index (χ1v) is 10.5. The van der Waals surface area contributed by atoms with E-state index in [1.165, 1.54) is 22.4 Å². The second kappa shape index (κ2) is 6.66. The van der Waals surface area contributed by atoms with Gasteiger partial charge in [-0.2, -0.15) is 0 Å². The fourth-order valence-electron chi connectivity index (χ4n) is 2.59. The number of sulfonamides is 2. The van der Waals surface area contributed by atoms with Gasteiger partial charge >= 0.3 is 0 Å². The van der Waals surface area contributed by atoms with Crippen LogP contribution in [0.15, 0.2) is 24.3 Å². The summed E-state index contributed by atoms with van der Waals surface area (Å²) in [5.74, 6) is -0.281. The average molecular weight is 346 g/mol. The molecule has 1 N–H and O–H groups in total. The van der Waals surface area contributed by atoms with Gasteiger partial charge in [-0.25, -0.2) is 25.9 Å². The van der Waals surface area contributed by atoms with Crippen molar-refractivity contribution in [1.29, 1.82) is 0 Å². The van der Waals surface area contributed by atoms with Gasteiger partial charge in [-0.15, -0.1) is 0 Å². The van der Waals surface area contributed by atoms with Crippen LogP contribution >= 0.6 is 0 Å². The topological polar surface area (TPSA) is 83.5 Å². The lowest BCUT2D eigenvalue weighted by molar-refractivity contribution is 0.378. The van der Waals surface area contributed by atoms with Gasteiger partial charge in [0.2, 0.25) is 20.0 Å². The van der Waals surface area contributed by atoms with E-state index in [4.69, 9.17) is 0 Å². The van der Waals surface area contributed by atoms with Crippen LogP contribution in [0.5, 0.6) is 0 Å². The minimum atomic E-state index is -3.49. The monoisotopic (exact) mass is 346 g/mol. The summed E-state index contributed by atoms with van der Waals surface area (Å²) in [6, 6.07) is 7.85. The zero-order valence-corrected chi connectivity index (χ0v) is 14.5. The van der Waals surface area contributed by atoms with Gasteiger partial charge in [0.05, 0.1) is 11.5 Å². The Morgan fingerprint density at radius 3 is 2.18 bits per heavy atom. The van der Waals surface area contributed by atoms with Crippen molar-refractivity contribution in [3.63, 3.8) is 0 Å². The maximum absolute atomic E-state index is 12.3. The molecule has 0 saturated heterocycles. The highest BCUT2D eigenvalue weighted by molar-refractivity contribution is 7.90. The smallest absolute Gasteiger partial charge is 0.214 e. The largest absolute Gasteiger partial charge is 0.215 e. The molecular weight excluding hydrogens is 324 g/mol. The minimum Gasteiger partial charge on any atom is -0.214 e. The van der Waals surface area contributed by atoms with Crippen LogP contribution in [0.3, 0.4) is 0 Å². The molecule has 6 nitrogen and oxygen atoms in total. The van der Waals surface area contributed by atoms with E-state index in [9.17, 15) is 16.8 Å². The van der Waals surface area contributed by atoms with Crippen molar-refractivity contribution in [3.8, 4) is 0 Å². The molecule has 0 bridgehead atoms. The number of hydrogen-bond acceptors (Lipinski definition) is 4. The summed E-state index contributed by atoms with van der Waals surface area (Å²) in [7, 11) is -5.28. The third kappa shape index (κ3) is 4.07. The Morgan fingerprint density at radius 2 is 1.68 bits per heavy atom. The highest BCUT2D eigenvalue weighted by Gasteiger charge is 2.31. The molecule has 124 valence electrons. The van der Waals surface area contributed by atoms with E-state index in [2.05, 4.69) is 4.72 Å². The molecule has 0 saturated carbocycles. The van der Waals surface area contributed by atoms with E-state index in [0.29, 0.717) is 12.8 Å². The summed E-state index contributed by atoms with van der Waals surface area (Å²) in [4.78, 5) is 0. The first-order valence-electron chi connectivity index (χ1n) is 7.25. The summed E-state index contributed by atoms with van der Waals surface area (Å²) < 4.78 is 51.0. The molecule has 0 atom stereocenters. The molecule has 0 heterocycles. The summed E-state index contributed by atoms with van der Waals surface area (Å²) in [6.45, 7) is 1.42. The number of fused-ring (bicyclic) bond motifs is 1. The summed E-state index contributed by atoms with van der Waals surface area (Å²) in [5.41, 5.74) is 2.36. The number of rotatable bonds is 7. The van der Waals surface area contributed by atoms with Gasteiger partial charge in [-0.05, 0) is 30.9 Å². The normalized spacial score (nSPS) is 16.1. The van der Waals surface area contributed by atoms with E-state index in [1.54, 1.807) is 7.05 Å². The zero-order valence-electron chi connectivity index (χ0n) is 12.8. The van der Waals surface area contributed by atoms with Crippen molar-refractivity contribution in [2.75, 3.05) is 25.1 Å². The van der Waals surface area contributed by atoms with E-state index >= 15 is 0 Å². The Hall–Kier alpha value is -0.960. The molecule has 1 aliphatic rings. The van der Waals surface area contributed by atoms with E-state index in [0.717, 1.165) is 0 Å².